The number of aliphatic carboxylic acids is 1. The van der Waals surface area contributed by atoms with Gasteiger partial charge in [0.1, 0.15) is 5.54 Å². The first kappa shape index (κ1) is 32.7. The van der Waals surface area contributed by atoms with Gasteiger partial charge in [0.05, 0.1) is 11.0 Å². The normalized spacial score (nSPS) is 16.5. The number of ether oxygens (including phenoxy) is 2. The lowest BCUT2D eigenvalue weighted by molar-refractivity contribution is -0.147. The van der Waals surface area contributed by atoms with Crippen molar-refractivity contribution in [2.24, 2.45) is 0 Å². The molecule has 2 amide bonds. The Hall–Kier alpha value is -5.84. The van der Waals surface area contributed by atoms with Crippen molar-refractivity contribution in [3.05, 3.63) is 130 Å². The molecule has 5 aromatic rings. The van der Waals surface area contributed by atoms with E-state index in [2.05, 4.69) is 10.3 Å². The number of carbonyl (C=O) groups excluding carboxylic acids is 2. The molecule has 7 rings (SSSR count). The van der Waals surface area contributed by atoms with Gasteiger partial charge in [-0.25, -0.2) is 9.59 Å². The van der Waals surface area contributed by atoms with Gasteiger partial charge in [-0.3, -0.25) is 14.2 Å². The molecule has 0 aliphatic carbocycles. The van der Waals surface area contributed by atoms with Gasteiger partial charge in [0, 0.05) is 49.5 Å². The number of carbonyl (C=O) groups is 3. The van der Waals surface area contributed by atoms with Crippen LogP contribution < -0.4 is 20.5 Å². The van der Waals surface area contributed by atoms with Crippen molar-refractivity contribution in [2.75, 3.05) is 13.1 Å². The summed E-state index contributed by atoms with van der Waals surface area (Å²) in [5, 5.41) is 12.9. The van der Waals surface area contributed by atoms with Crippen LogP contribution >= 0.6 is 0 Å². The average Bonchev–Trinajstić information content (AvgIpc) is 3.69. The van der Waals surface area contributed by atoms with Gasteiger partial charge in [0.2, 0.25) is 11.8 Å². The molecule has 11 heteroatoms. The SMILES string of the molecule is C[C@@](Cc1ccc2c(c1)OC(c1ccccc1)(c1ccccc1)O2)(NC(=O)CCC(=O)N1CCC(n2c(=O)[nH]c3ccccc32)CC1)C(=O)O. The monoisotopic (exact) mass is 674 g/mol. The van der Waals surface area contributed by atoms with Crippen molar-refractivity contribution >= 4 is 28.8 Å². The standard InChI is InChI=1S/C39H38N4O7/c1-38(36(46)47,25-26-16-17-32-33(24-26)50-39(49-32,27-10-4-2-5-11-27)28-12-6-3-7-13-28)41-34(44)18-19-35(45)42-22-20-29(21-23-42)43-31-15-9-8-14-30(31)40-37(43)48/h2-17,24,29H,18-23,25H2,1H3,(H,40,48)(H,41,44)(H,46,47)/t38-/m0/s1. The molecule has 1 atom stereocenters. The number of aromatic nitrogens is 2. The molecule has 1 aromatic heterocycles. The summed E-state index contributed by atoms with van der Waals surface area (Å²) in [5.41, 5.74) is 2.04. The number of imidazole rings is 1. The van der Waals surface area contributed by atoms with Gasteiger partial charge >= 0.3 is 17.4 Å². The van der Waals surface area contributed by atoms with Gasteiger partial charge in [-0.15, -0.1) is 0 Å². The highest BCUT2D eigenvalue weighted by atomic mass is 16.7. The van der Waals surface area contributed by atoms with Gasteiger partial charge in [0.15, 0.2) is 11.5 Å². The van der Waals surface area contributed by atoms with Crippen LogP contribution in [-0.2, 0) is 26.6 Å². The number of likely N-dealkylation sites (tertiary alicyclic amines) is 1. The number of amides is 2. The fraction of sp³-hybridized carbons (Fsp3) is 0.282. The number of piperidine rings is 1. The smallest absolute Gasteiger partial charge is 0.329 e. The number of para-hydroxylation sites is 2. The second-order valence-electron chi connectivity index (χ2n) is 13.1. The zero-order valence-corrected chi connectivity index (χ0v) is 27.6. The minimum atomic E-state index is -1.64. The summed E-state index contributed by atoms with van der Waals surface area (Å²) in [6.07, 6.45) is 1.00. The Bertz CT molecular complexity index is 2060. The molecule has 0 bridgehead atoms. The molecule has 256 valence electrons. The predicted octanol–water partition coefficient (Wildman–Crippen LogP) is 5.15. The van der Waals surface area contributed by atoms with E-state index in [1.54, 1.807) is 27.7 Å². The summed E-state index contributed by atoms with van der Waals surface area (Å²) in [6.45, 7) is 2.38. The third-order valence-electron chi connectivity index (χ3n) is 9.64. The third-order valence-corrected chi connectivity index (χ3v) is 9.64. The van der Waals surface area contributed by atoms with Crippen LogP contribution in [0, 0.1) is 0 Å². The summed E-state index contributed by atoms with van der Waals surface area (Å²) in [7, 11) is 0. The molecule has 2 aliphatic heterocycles. The molecule has 0 unspecified atom stereocenters. The second kappa shape index (κ2) is 13.2. The molecule has 0 saturated carbocycles. The number of H-pyrrole nitrogens is 1. The first-order valence-electron chi connectivity index (χ1n) is 16.8. The Morgan fingerprint density at radius 1 is 0.860 bits per heavy atom. The lowest BCUT2D eigenvalue weighted by atomic mass is 9.92. The maximum absolute atomic E-state index is 13.1. The Morgan fingerprint density at radius 2 is 1.48 bits per heavy atom. The topological polar surface area (TPSA) is 143 Å². The molecule has 4 aromatic carbocycles. The van der Waals surface area contributed by atoms with Crippen molar-refractivity contribution in [1.29, 1.82) is 0 Å². The molecule has 0 spiro atoms. The van der Waals surface area contributed by atoms with Crippen molar-refractivity contribution in [2.45, 2.75) is 56.4 Å². The van der Waals surface area contributed by atoms with E-state index in [0.717, 1.165) is 22.2 Å². The highest BCUT2D eigenvalue weighted by Crippen LogP contribution is 2.48. The van der Waals surface area contributed by atoms with E-state index in [-0.39, 0.29) is 36.9 Å². The van der Waals surface area contributed by atoms with E-state index in [4.69, 9.17) is 9.47 Å². The zero-order valence-electron chi connectivity index (χ0n) is 27.6. The largest absolute Gasteiger partial charge is 0.480 e. The fourth-order valence-electron chi connectivity index (χ4n) is 7.02. The van der Waals surface area contributed by atoms with Crippen LogP contribution in [0.4, 0.5) is 0 Å². The highest BCUT2D eigenvalue weighted by molar-refractivity contribution is 5.89. The molecule has 3 heterocycles. The van der Waals surface area contributed by atoms with Crippen LogP contribution in [-0.4, -0.2) is 56.0 Å². The van der Waals surface area contributed by atoms with Gasteiger partial charge in [-0.2, -0.15) is 0 Å². The number of hydrogen-bond acceptors (Lipinski definition) is 6. The quantitative estimate of drug-likeness (QED) is 0.186. The number of aromatic amines is 1. The summed E-state index contributed by atoms with van der Waals surface area (Å²) >= 11 is 0. The second-order valence-corrected chi connectivity index (χ2v) is 13.1. The maximum Gasteiger partial charge on any atom is 0.329 e. The summed E-state index contributed by atoms with van der Waals surface area (Å²) < 4.78 is 14.7. The molecule has 50 heavy (non-hydrogen) atoms. The maximum atomic E-state index is 13.1. The summed E-state index contributed by atoms with van der Waals surface area (Å²) in [6, 6.07) is 31.9. The molecule has 2 aliphatic rings. The molecular weight excluding hydrogens is 636 g/mol. The fourth-order valence-corrected chi connectivity index (χ4v) is 7.02. The highest BCUT2D eigenvalue weighted by Gasteiger charge is 2.46. The Balaban J connectivity index is 0.973. The van der Waals surface area contributed by atoms with Crippen LogP contribution in [0.25, 0.3) is 11.0 Å². The Labute approximate surface area is 288 Å². The number of fused-ring (bicyclic) bond motifs is 2. The zero-order chi connectivity index (χ0) is 34.9. The van der Waals surface area contributed by atoms with Gasteiger partial charge in [-0.05, 0) is 49.6 Å². The van der Waals surface area contributed by atoms with Gasteiger partial charge < -0.3 is 29.8 Å². The number of carboxylic acid groups (broad SMARTS) is 1. The molecule has 1 saturated heterocycles. The summed E-state index contributed by atoms with van der Waals surface area (Å²) in [4.78, 5) is 55.9. The van der Waals surface area contributed by atoms with Crippen molar-refractivity contribution in [3.8, 4) is 11.5 Å². The lowest BCUT2D eigenvalue weighted by Gasteiger charge is -2.32. The number of benzene rings is 4. The van der Waals surface area contributed by atoms with Crippen LogP contribution in [0.5, 0.6) is 11.5 Å². The van der Waals surface area contributed by atoms with Gasteiger partial charge in [0.25, 0.3) is 0 Å². The minimum absolute atomic E-state index is 0.0247. The first-order chi connectivity index (χ1) is 24.1. The Morgan fingerprint density at radius 3 is 2.14 bits per heavy atom. The van der Waals surface area contributed by atoms with Gasteiger partial charge in [-0.1, -0.05) is 78.9 Å². The minimum Gasteiger partial charge on any atom is -0.480 e. The van der Waals surface area contributed by atoms with E-state index < -0.39 is 23.2 Å². The van der Waals surface area contributed by atoms with Crippen LogP contribution in [0.1, 0.15) is 55.3 Å². The number of nitrogens with zero attached hydrogens (tertiary/aromatic N) is 2. The van der Waals surface area contributed by atoms with Crippen LogP contribution in [0.15, 0.2) is 108 Å². The van der Waals surface area contributed by atoms with Crippen LogP contribution in [0.3, 0.4) is 0 Å². The molecule has 1 fully saturated rings. The summed E-state index contributed by atoms with van der Waals surface area (Å²) in [5.74, 6) is -2.16. The van der Waals surface area contributed by atoms with E-state index >= 15 is 0 Å². The van der Waals surface area contributed by atoms with Crippen molar-refractivity contribution in [1.82, 2.24) is 19.8 Å². The van der Waals surface area contributed by atoms with Crippen molar-refractivity contribution in [3.63, 3.8) is 0 Å². The molecule has 11 nitrogen and oxygen atoms in total. The van der Waals surface area contributed by atoms with E-state index in [0.29, 0.717) is 43.0 Å². The Kier molecular flexibility index (Phi) is 8.65. The predicted molar refractivity (Wildman–Crippen MR) is 186 cm³/mol. The molecule has 3 N–H and O–H groups in total. The van der Waals surface area contributed by atoms with Crippen LogP contribution in [0.2, 0.25) is 0 Å². The number of carboxylic acids is 1. The molecule has 0 radical (unpaired) electrons. The number of rotatable bonds is 10. The van der Waals surface area contributed by atoms with E-state index in [1.807, 2.05) is 84.9 Å². The van der Waals surface area contributed by atoms with E-state index in [9.17, 15) is 24.3 Å². The third kappa shape index (κ3) is 6.22. The average molecular weight is 675 g/mol. The van der Waals surface area contributed by atoms with E-state index in [1.165, 1.54) is 6.92 Å². The first-order valence-corrected chi connectivity index (χ1v) is 16.8. The van der Waals surface area contributed by atoms with Crippen molar-refractivity contribution < 1.29 is 29.0 Å². The lowest BCUT2D eigenvalue weighted by Crippen LogP contribution is -2.54. The molecular formula is C39H38N4O7. The number of hydrogen-bond donors (Lipinski definition) is 3. The number of nitrogens with one attached hydrogen (secondary N) is 2.